The van der Waals surface area contributed by atoms with Gasteiger partial charge in [-0.2, -0.15) is 0 Å². The van der Waals surface area contributed by atoms with Crippen molar-refractivity contribution in [2.24, 2.45) is 0 Å². The van der Waals surface area contributed by atoms with Crippen molar-refractivity contribution in [3.63, 3.8) is 0 Å². The van der Waals surface area contributed by atoms with Crippen LogP contribution in [-0.2, 0) is 0 Å². The summed E-state index contributed by atoms with van der Waals surface area (Å²) < 4.78 is 2.26. The molecular weight excluding hydrogens is 366 g/mol. The first-order valence-electron chi connectivity index (χ1n) is 10.1. The molecule has 142 valence electrons. The standard InChI is InChI=1S/C27H19N3/c1-18-10-9-15-22-24(18)25-20-13-5-6-14-21(20)29-26(19-11-3-2-4-12-19)27(25)30(22)23-16-7-8-17-28-23/h2-17H,1H3. The first kappa shape index (κ1) is 16.9. The van der Waals surface area contributed by atoms with Gasteiger partial charge >= 0.3 is 0 Å². The highest BCUT2D eigenvalue weighted by molar-refractivity contribution is 6.24. The molecule has 0 saturated carbocycles. The molecule has 0 N–H and O–H groups in total. The molecule has 3 nitrogen and oxygen atoms in total. The molecule has 0 unspecified atom stereocenters. The third-order valence-corrected chi connectivity index (χ3v) is 5.76. The Morgan fingerprint density at radius 3 is 2.33 bits per heavy atom. The van der Waals surface area contributed by atoms with E-state index in [0.717, 1.165) is 33.6 Å². The lowest BCUT2D eigenvalue weighted by Gasteiger charge is -2.11. The average molecular weight is 385 g/mol. The van der Waals surface area contributed by atoms with Crippen molar-refractivity contribution in [1.29, 1.82) is 0 Å². The Kier molecular flexibility index (Phi) is 3.68. The molecule has 0 atom stereocenters. The molecule has 0 spiro atoms. The van der Waals surface area contributed by atoms with Gasteiger partial charge in [-0.3, -0.25) is 4.57 Å². The Labute approximate surface area is 174 Å². The van der Waals surface area contributed by atoms with Gasteiger partial charge < -0.3 is 0 Å². The van der Waals surface area contributed by atoms with Gasteiger partial charge in [-0.05, 0) is 36.8 Å². The Morgan fingerprint density at radius 2 is 1.50 bits per heavy atom. The predicted octanol–water partition coefficient (Wildman–Crippen LogP) is 6.70. The van der Waals surface area contributed by atoms with Crippen LogP contribution in [0.3, 0.4) is 0 Å². The fourth-order valence-corrected chi connectivity index (χ4v) is 4.48. The molecule has 3 aromatic carbocycles. The van der Waals surface area contributed by atoms with Crippen LogP contribution < -0.4 is 0 Å². The number of rotatable bonds is 2. The number of nitrogens with zero attached hydrogens (tertiary/aromatic N) is 3. The second-order valence-corrected chi connectivity index (χ2v) is 7.56. The molecule has 0 fully saturated rings. The molecule has 0 aliphatic heterocycles. The zero-order chi connectivity index (χ0) is 20.1. The third kappa shape index (κ3) is 2.39. The van der Waals surface area contributed by atoms with E-state index in [1.54, 1.807) is 0 Å². The molecular formula is C27H19N3. The maximum absolute atomic E-state index is 5.14. The average Bonchev–Trinajstić information content (AvgIpc) is 3.16. The van der Waals surface area contributed by atoms with Crippen LogP contribution in [0, 0.1) is 6.92 Å². The summed E-state index contributed by atoms with van der Waals surface area (Å²) in [6, 6.07) is 31.4. The van der Waals surface area contributed by atoms with Gasteiger partial charge in [0.25, 0.3) is 0 Å². The summed E-state index contributed by atoms with van der Waals surface area (Å²) in [4.78, 5) is 9.84. The topological polar surface area (TPSA) is 30.7 Å². The number of aryl methyl sites for hydroxylation is 1. The summed E-state index contributed by atoms with van der Waals surface area (Å²) in [5, 5.41) is 3.66. The Morgan fingerprint density at radius 1 is 0.700 bits per heavy atom. The molecule has 3 heterocycles. The summed E-state index contributed by atoms with van der Waals surface area (Å²) in [6.45, 7) is 2.18. The monoisotopic (exact) mass is 385 g/mol. The summed E-state index contributed by atoms with van der Waals surface area (Å²) in [7, 11) is 0. The van der Waals surface area contributed by atoms with Crippen molar-refractivity contribution in [2.75, 3.05) is 0 Å². The minimum absolute atomic E-state index is 0.900. The van der Waals surface area contributed by atoms with Crippen molar-refractivity contribution in [3.05, 3.63) is 103 Å². The van der Waals surface area contributed by atoms with Crippen molar-refractivity contribution in [2.45, 2.75) is 6.92 Å². The molecule has 3 aromatic heterocycles. The molecule has 0 bridgehead atoms. The molecule has 0 aliphatic rings. The van der Waals surface area contributed by atoms with Gasteiger partial charge in [0.05, 0.1) is 22.2 Å². The highest BCUT2D eigenvalue weighted by atomic mass is 15.1. The minimum atomic E-state index is 0.900. The fraction of sp³-hybridized carbons (Fsp3) is 0.0370. The minimum Gasteiger partial charge on any atom is -0.292 e. The van der Waals surface area contributed by atoms with Crippen molar-refractivity contribution >= 4 is 32.7 Å². The first-order valence-corrected chi connectivity index (χ1v) is 10.1. The number of para-hydroxylation sites is 1. The van der Waals surface area contributed by atoms with Crippen molar-refractivity contribution in [3.8, 4) is 17.1 Å². The summed E-state index contributed by atoms with van der Waals surface area (Å²) in [5.74, 6) is 0.900. The number of hydrogen-bond acceptors (Lipinski definition) is 2. The van der Waals surface area contributed by atoms with Gasteiger partial charge in [-0.25, -0.2) is 9.97 Å². The van der Waals surface area contributed by atoms with Crippen molar-refractivity contribution < 1.29 is 0 Å². The zero-order valence-corrected chi connectivity index (χ0v) is 16.6. The smallest absolute Gasteiger partial charge is 0.137 e. The lowest BCUT2D eigenvalue weighted by molar-refractivity contribution is 1.08. The normalized spacial score (nSPS) is 11.5. The summed E-state index contributed by atoms with van der Waals surface area (Å²) in [6.07, 6.45) is 1.85. The largest absolute Gasteiger partial charge is 0.292 e. The molecule has 0 aliphatic carbocycles. The molecule has 30 heavy (non-hydrogen) atoms. The van der Waals surface area contributed by atoms with E-state index in [1.165, 1.54) is 21.7 Å². The van der Waals surface area contributed by atoms with E-state index >= 15 is 0 Å². The lowest BCUT2D eigenvalue weighted by atomic mass is 10.0. The molecule has 6 rings (SSSR count). The zero-order valence-electron chi connectivity index (χ0n) is 16.6. The molecule has 0 saturated heterocycles. The second-order valence-electron chi connectivity index (χ2n) is 7.56. The number of hydrogen-bond donors (Lipinski definition) is 0. The summed E-state index contributed by atoms with van der Waals surface area (Å²) >= 11 is 0. The SMILES string of the molecule is Cc1cccc2c1c1c3ccccc3nc(-c3ccccc3)c1n2-c1ccccn1. The summed E-state index contributed by atoms with van der Waals surface area (Å²) in [5.41, 5.74) is 6.59. The van der Waals surface area contributed by atoms with E-state index in [0.29, 0.717) is 0 Å². The number of fused-ring (bicyclic) bond motifs is 5. The highest BCUT2D eigenvalue weighted by Crippen LogP contribution is 2.41. The lowest BCUT2D eigenvalue weighted by Crippen LogP contribution is -1.99. The van der Waals surface area contributed by atoms with Gasteiger partial charge in [-0.1, -0.05) is 66.7 Å². The Hall–Kier alpha value is -3.98. The fourth-order valence-electron chi connectivity index (χ4n) is 4.48. The van der Waals surface area contributed by atoms with Gasteiger partial charge in [0, 0.05) is 27.9 Å². The van der Waals surface area contributed by atoms with Gasteiger partial charge in [-0.15, -0.1) is 0 Å². The van der Waals surface area contributed by atoms with Crippen LogP contribution in [0.1, 0.15) is 5.56 Å². The van der Waals surface area contributed by atoms with E-state index in [2.05, 4.69) is 84.3 Å². The van der Waals surface area contributed by atoms with Crippen LogP contribution in [0.25, 0.3) is 49.8 Å². The third-order valence-electron chi connectivity index (χ3n) is 5.76. The van der Waals surface area contributed by atoms with Crippen LogP contribution in [0.5, 0.6) is 0 Å². The maximum atomic E-state index is 5.14. The number of pyridine rings is 2. The molecule has 0 radical (unpaired) electrons. The van der Waals surface area contributed by atoms with Crippen LogP contribution in [0.15, 0.2) is 97.2 Å². The van der Waals surface area contributed by atoms with Crippen LogP contribution in [-0.4, -0.2) is 14.5 Å². The van der Waals surface area contributed by atoms with E-state index in [4.69, 9.17) is 9.97 Å². The van der Waals surface area contributed by atoms with E-state index in [-0.39, 0.29) is 0 Å². The van der Waals surface area contributed by atoms with E-state index < -0.39 is 0 Å². The first-order chi connectivity index (χ1) is 14.8. The van der Waals surface area contributed by atoms with Gasteiger partial charge in [0.1, 0.15) is 5.82 Å². The van der Waals surface area contributed by atoms with E-state index in [9.17, 15) is 0 Å². The molecule has 6 aromatic rings. The van der Waals surface area contributed by atoms with Gasteiger partial charge in [0.2, 0.25) is 0 Å². The predicted molar refractivity (Wildman–Crippen MR) is 124 cm³/mol. The van der Waals surface area contributed by atoms with Crippen molar-refractivity contribution in [1.82, 2.24) is 14.5 Å². The van der Waals surface area contributed by atoms with Crippen LogP contribution >= 0.6 is 0 Å². The number of benzene rings is 3. The quantitative estimate of drug-likeness (QED) is 0.332. The maximum Gasteiger partial charge on any atom is 0.137 e. The Balaban J connectivity index is 1.95. The molecule has 0 amide bonds. The number of aromatic nitrogens is 3. The molecule has 3 heteroatoms. The highest BCUT2D eigenvalue weighted by Gasteiger charge is 2.21. The van der Waals surface area contributed by atoms with Crippen LogP contribution in [0.2, 0.25) is 0 Å². The van der Waals surface area contributed by atoms with Crippen LogP contribution in [0.4, 0.5) is 0 Å². The second kappa shape index (κ2) is 6.53. The van der Waals surface area contributed by atoms with Gasteiger partial charge in [0.15, 0.2) is 0 Å². The van der Waals surface area contributed by atoms with E-state index in [1.807, 2.05) is 24.4 Å². The Bertz CT molecular complexity index is 1530.